The highest BCUT2D eigenvalue weighted by Gasteiger charge is 2.33. The zero-order valence-electron chi connectivity index (χ0n) is 14.2. The molecular weight excluding hydrogens is 290 g/mol. The first-order chi connectivity index (χ1) is 9.21. The van der Waals surface area contributed by atoms with Crippen LogP contribution in [0, 0.1) is 10.8 Å². The van der Waals surface area contributed by atoms with Crippen molar-refractivity contribution in [2.24, 2.45) is 10.8 Å². The number of nitrogens with zero attached hydrogens (tertiary/aromatic N) is 1. The average molecular weight is 322 g/mol. The molecule has 4 nitrogen and oxygen atoms in total. The minimum absolute atomic E-state index is 0. The maximum Gasteiger partial charge on any atom is 0.311 e. The van der Waals surface area contributed by atoms with E-state index in [0.29, 0.717) is 6.61 Å². The van der Waals surface area contributed by atoms with Gasteiger partial charge in [-0.15, -0.1) is 12.4 Å². The number of ether oxygens (including phenoxy) is 2. The minimum Gasteiger partial charge on any atom is -0.465 e. The van der Waals surface area contributed by atoms with Gasteiger partial charge in [-0.3, -0.25) is 9.69 Å². The van der Waals surface area contributed by atoms with Gasteiger partial charge in [0.25, 0.3) is 0 Å². The summed E-state index contributed by atoms with van der Waals surface area (Å²) >= 11 is 0. The summed E-state index contributed by atoms with van der Waals surface area (Å²) in [5.41, 5.74) is -0.270. The SMILES string of the molecule is CC(C)(C)CC(C)(C)C(=O)OCCCN1CCOCC1.Cl. The van der Waals surface area contributed by atoms with Crippen molar-refractivity contribution in [1.82, 2.24) is 4.90 Å². The molecule has 0 unspecified atom stereocenters. The Bertz CT molecular complexity index is 307. The molecule has 1 fully saturated rings. The van der Waals surface area contributed by atoms with Crippen LogP contribution in [-0.4, -0.2) is 50.3 Å². The van der Waals surface area contributed by atoms with Gasteiger partial charge in [0.15, 0.2) is 0 Å². The molecule has 0 amide bonds. The van der Waals surface area contributed by atoms with Gasteiger partial charge in [-0.2, -0.15) is 0 Å². The second kappa shape index (κ2) is 8.96. The number of esters is 1. The van der Waals surface area contributed by atoms with Crippen molar-refractivity contribution in [3.05, 3.63) is 0 Å². The fourth-order valence-electron chi connectivity index (χ4n) is 2.87. The van der Waals surface area contributed by atoms with E-state index in [1.165, 1.54) is 0 Å². The maximum absolute atomic E-state index is 12.1. The Balaban J connectivity index is 0.00000400. The zero-order valence-corrected chi connectivity index (χ0v) is 15.1. The smallest absolute Gasteiger partial charge is 0.311 e. The Labute approximate surface area is 136 Å². The lowest BCUT2D eigenvalue weighted by molar-refractivity contribution is -0.155. The minimum atomic E-state index is -0.406. The second-order valence-electron chi connectivity index (χ2n) is 7.56. The molecule has 1 saturated heterocycles. The lowest BCUT2D eigenvalue weighted by Gasteiger charge is -2.30. The molecule has 0 saturated carbocycles. The van der Waals surface area contributed by atoms with Gasteiger partial charge in [0, 0.05) is 19.6 Å². The van der Waals surface area contributed by atoms with Crippen molar-refractivity contribution in [2.45, 2.75) is 47.5 Å². The van der Waals surface area contributed by atoms with E-state index < -0.39 is 5.41 Å². The molecule has 1 aliphatic rings. The van der Waals surface area contributed by atoms with Gasteiger partial charge in [-0.05, 0) is 32.1 Å². The molecule has 0 aromatic carbocycles. The second-order valence-corrected chi connectivity index (χ2v) is 7.56. The van der Waals surface area contributed by atoms with Crippen LogP contribution in [0.2, 0.25) is 0 Å². The molecule has 21 heavy (non-hydrogen) atoms. The van der Waals surface area contributed by atoms with E-state index in [1.807, 2.05) is 13.8 Å². The van der Waals surface area contributed by atoms with E-state index in [1.54, 1.807) is 0 Å². The van der Waals surface area contributed by atoms with Crippen molar-refractivity contribution in [3.8, 4) is 0 Å². The van der Waals surface area contributed by atoms with Gasteiger partial charge in [0.05, 0.1) is 25.2 Å². The Morgan fingerprint density at radius 2 is 1.71 bits per heavy atom. The number of carbonyl (C=O) groups is 1. The average Bonchev–Trinajstić information content (AvgIpc) is 2.32. The predicted octanol–water partition coefficient (Wildman–Crippen LogP) is 3.14. The number of halogens is 1. The van der Waals surface area contributed by atoms with Gasteiger partial charge in [0.1, 0.15) is 0 Å². The van der Waals surface area contributed by atoms with E-state index >= 15 is 0 Å². The van der Waals surface area contributed by atoms with Crippen LogP contribution in [0.4, 0.5) is 0 Å². The molecule has 0 aromatic rings. The van der Waals surface area contributed by atoms with Crippen LogP contribution in [0.1, 0.15) is 47.5 Å². The third-order valence-corrected chi connectivity index (χ3v) is 3.48. The number of rotatable bonds is 6. The lowest BCUT2D eigenvalue weighted by Crippen LogP contribution is -2.37. The number of carbonyl (C=O) groups excluding carboxylic acids is 1. The summed E-state index contributed by atoms with van der Waals surface area (Å²) < 4.78 is 10.8. The van der Waals surface area contributed by atoms with Crippen LogP contribution in [0.3, 0.4) is 0 Å². The third kappa shape index (κ3) is 8.64. The summed E-state index contributed by atoms with van der Waals surface area (Å²) in [6.07, 6.45) is 1.74. The predicted molar refractivity (Wildman–Crippen MR) is 87.9 cm³/mol. The van der Waals surface area contributed by atoms with Gasteiger partial charge < -0.3 is 9.47 Å². The fraction of sp³-hybridized carbons (Fsp3) is 0.938. The van der Waals surface area contributed by atoms with E-state index in [4.69, 9.17) is 9.47 Å². The maximum atomic E-state index is 12.1. The largest absolute Gasteiger partial charge is 0.465 e. The third-order valence-electron chi connectivity index (χ3n) is 3.48. The van der Waals surface area contributed by atoms with Gasteiger partial charge in [-0.25, -0.2) is 0 Å². The Kier molecular flexibility index (Phi) is 8.83. The summed E-state index contributed by atoms with van der Waals surface area (Å²) in [4.78, 5) is 14.5. The first-order valence-electron chi connectivity index (χ1n) is 7.68. The number of hydrogen-bond acceptors (Lipinski definition) is 4. The van der Waals surface area contributed by atoms with Crippen molar-refractivity contribution in [3.63, 3.8) is 0 Å². The van der Waals surface area contributed by atoms with E-state index in [0.717, 1.165) is 45.7 Å². The monoisotopic (exact) mass is 321 g/mol. The summed E-state index contributed by atoms with van der Waals surface area (Å²) in [5, 5.41) is 0. The summed E-state index contributed by atoms with van der Waals surface area (Å²) in [6, 6.07) is 0. The zero-order chi connectivity index (χ0) is 15.2. The van der Waals surface area contributed by atoms with Crippen LogP contribution in [-0.2, 0) is 14.3 Å². The van der Waals surface area contributed by atoms with E-state index in [2.05, 4.69) is 25.7 Å². The summed E-state index contributed by atoms with van der Waals surface area (Å²) in [6.45, 7) is 15.5. The molecule has 0 atom stereocenters. The van der Waals surface area contributed by atoms with Crippen molar-refractivity contribution in [1.29, 1.82) is 0 Å². The first-order valence-corrected chi connectivity index (χ1v) is 7.68. The number of hydrogen-bond donors (Lipinski definition) is 0. The first kappa shape index (κ1) is 20.7. The van der Waals surface area contributed by atoms with Gasteiger partial charge >= 0.3 is 5.97 Å². The van der Waals surface area contributed by atoms with E-state index in [-0.39, 0.29) is 23.8 Å². The van der Waals surface area contributed by atoms with E-state index in [9.17, 15) is 4.79 Å². The summed E-state index contributed by atoms with van der Waals surface area (Å²) in [7, 11) is 0. The number of morpholine rings is 1. The topological polar surface area (TPSA) is 38.8 Å². The van der Waals surface area contributed by atoms with Crippen molar-refractivity contribution in [2.75, 3.05) is 39.5 Å². The molecule has 0 aliphatic carbocycles. The van der Waals surface area contributed by atoms with Crippen molar-refractivity contribution < 1.29 is 14.3 Å². The molecule has 126 valence electrons. The molecule has 0 radical (unpaired) electrons. The molecular formula is C16H32ClNO3. The van der Waals surface area contributed by atoms with Crippen LogP contribution in [0.5, 0.6) is 0 Å². The Morgan fingerprint density at radius 3 is 2.24 bits per heavy atom. The molecule has 5 heteroatoms. The summed E-state index contributed by atoms with van der Waals surface area (Å²) in [5.74, 6) is -0.0746. The fourth-order valence-corrected chi connectivity index (χ4v) is 2.87. The Morgan fingerprint density at radius 1 is 1.14 bits per heavy atom. The molecule has 0 aromatic heterocycles. The molecule has 1 heterocycles. The van der Waals surface area contributed by atoms with Gasteiger partial charge in [-0.1, -0.05) is 20.8 Å². The van der Waals surface area contributed by atoms with Crippen LogP contribution in [0.15, 0.2) is 0 Å². The lowest BCUT2D eigenvalue weighted by atomic mass is 9.76. The highest BCUT2D eigenvalue weighted by molar-refractivity contribution is 5.85. The molecule has 1 rings (SSSR count). The highest BCUT2D eigenvalue weighted by atomic mass is 35.5. The van der Waals surface area contributed by atoms with Crippen LogP contribution >= 0.6 is 12.4 Å². The highest BCUT2D eigenvalue weighted by Crippen LogP contribution is 2.34. The quantitative estimate of drug-likeness (QED) is 0.556. The van der Waals surface area contributed by atoms with Crippen LogP contribution in [0.25, 0.3) is 0 Å². The van der Waals surface area contributed by atoms with Gasteiger partial charge in [0.2, 0.25) is 0 Å². The molecule has 0 spiro atoms. The van der Waals surface area contributed by atoms with Crippen LogP contribution < -0.4 is 0 Å². The normalized spacial score (nSPS) is 17.2. The van der Waals surface area contributed by atoms with Crippen molar-refractivity contribution >= 4 is 18.4 Å². The molecule has 1 aliphatic heterocycles. The molecule has 0 bridgehead atoms. The molecule has 0 N–H and O–H groups in total. The standard InChI is InChI=1S/C16H31NO3.ClH/c1-15(2,3)13-16(4,5)14(18)20-10-6-7-17-8-11-19-12-9-17;/h6-13H2,1-5H3;1H. The Hall–Kier alpha value is -0.320.